The first kappa shape index (κ1) is 14.0. The standard InChI is InChI=1S/C12H17N5OS/c1-13-7-8-17-12(14-15-16-17)19-9-11(18)10-5-3-2-4-6-10/h2-6,11,13,18H,7-9H2,1H3. The molecule has 2 aromatic rings. The van der Waals surface area contributed by atoms with Gasteiger partial charge >= 0.3 is 0 Å². The average Bonchev–Trinajstić information content (AvgIpc) is 2.91. The molecule has 1 aromatic carbocycles. The summed E-state index contributed by atoms with van der Waals surface area (Å²) in [5, 5.41) is 25.4. The molecule has 1 aromatic heterocycles. The Morgan fingerprint density at radius 2 is 2.16 bits per heavy atom. The fourth-order valence-corrected chi connectivity index (χ4v) is 2.45. The van der Waals surface area contributed by atoms with Gasteiger partial charge in [-0.25, -0.2) is 4.68 Å². The molecular formula is C12H17N5OS. The maximum atomic E-state index is 10.1. The van der Waals surface area contributed by atoms with Gasteiger partial charge in [0.2, 0.25) is 5.16 Å². The van der Waals surface area contributed by atoms with Gasteiger partial charge in [0, 0.05) is 12.3 Å². The Morgan fingerprint density at radius 1 is 1.37 bits per heavy atom. The van der Waals surface area contributed by atoms with E-state index >= 15 is 0 Å². The van der Waals surface area contributed by atoms with E-state index in [0.29, 0.717) is 12.3 Å². The summed E-state index contributed by atoms with van der Waals surface area (Å²) in [7, 11) is 1.89. The first-order valence-electron chi connectivity index (χ1n) is 6.08. The summed E-state index contributed by atoms with van der Waals surface area (Å²) in [6, 6.07) is 9.59. The van der Waals surface area contributed by atoms with Crippen molar-refractivity contribution in [2.45, 2.75) is 17.8 Å². The van der Waals surface area contributed by atoms with E-state index in [0.717, 1.165) is 17.3 Å². The molecule has 0 bridgehead atoms. The van der Waals surface area contributed by atoms with Gasteiger partial charge < -0.3 is 10.4 Å². The monoisotopic (exact) mass is 279 g/mol. The molecule has 2 rings (SSSR count). The molecule has 0 aliphatic rings. The second kappa shape index (κ2) is 7.22. The largest absolute Gasteiger partial charge is 0.388 e. The predicted octanol–water partition coefficient (Wildman–Crippen LogP) is 0.718. The molecular weight excluding hydrogens is 262 g/mol. The van der Waals surface area contributed by atoms with Gasteiger partial charge in [0.15, 0.2) is 0 Å². The Kier molecular flexibility index (Phi) is 5.31. The first-order chi connectivity index (χ1) is 9.31. The highest BCUT2D eigenvalue weighted by molar-refractivity contribution is 7.99. The van der Waals surface area contributed by atoms with Crippen LogP contribution in [0.2, 0.25) is 0 Å². The van der Waals surface area contributed by atoms with Crippen molar-refractivity contribution in [3.05, 3.63) is 35.9 Å². The van der Waals surface area contributed by atoms with E-state index in [-0.39, 0.29) is 0 Å². The number of nitrogens with zero attached hydrogens (tertiary/aromatic N) is 4. The summed E-state index contributed by atoms with van der Waals surface area (Å²) in [5.74, 6) is 0.532. The lowest BCUT2D eigenvalue weighted by atomic mass is 10.1. The van der Waals surface area contributed by atoms with Crippen LogP contribution in [0.1, 0.15) is 11.7 Å². The zero-order valence-electron chi connectivity index (χ0n) is 10.7. The molecule has 2 N–H and O–H groups in total. The van der Waals surface area contributed by atoms with Gasteiger partial charge in [0.1, 0.15) is 0 Å². The number of aromatic nitrogens is 4. The summed E-state index contributed by atoms with van der Waals surface area (Å²) in [6.07, 6.45) is -0.513. The van der Waals surface area contributed by atoms with Gasteiger partial charge in [-0.05, 0) is 23.0 Å². The Morgan fingerprint density at radius 3 is 2.89 bits per heavy atom. The molecule has 0 fully saturated rings. The number of aliphatic hydroxyl groups excluding tert-OH is 1. The Bertz CT molecular complexity index is 490. The van der Waals surface area contributed by atoms with E-state index in [1.165, 1.54) is 11.8 Å². The lowest BCUT2D eigenvalue weighted by molar-refractivity contribution is 0.204. The average molecular weight is 279 g/mol. The summed E-state index contributed by atoms with van der Waals surface area (Å²) >= 11 is 1.46. The SMILES string of the molecule is CNCCn1nnnc1SCC(O)c1ccccc1. The highest BCUT2D eigenvalue weighted by Crippen LogP contribution is 2.22. The third-order valence-electron chi connectivity index (χ3n) is 2.63. The number of hydrogen-bond acceptors (Lipinski definition) is 6. The molecule has 1 heterocycles. The lowest BCUT2D eigenvalue weighted by Gasteiger charge is -2.10. The van der Waals surface area contributed by atoms with Crippen molar-refractivity contribution >= 4 is 11.8 Å². The summed E-state index contributed by atoms with van der Waals surface area (Å²) < 4.78 is 1.74. The van der Waals surface area contributed by atoms with Crippen molar-refractivity contribution in [1.29, 1.82) is 0 Å². The van der Waals surface area contributed by atoms with E-state index in [4.69, 9.17) is 0 Å². The Balaban J connectivity index is 1.90. The Hall–Kier alpha value is -1.44. The van der Waals surface area contributed by atoms with Crippen LogP contribution in [0, 0.1) is 0 Å². The van der Waals surface area contributed by atoms with Crippen LogP contribution >= 0.6 is 11.8 Å². The normalized spacial score (nSPS) is 12.5. The van der Waals surface area contributed by atoms with Crippen LogP contribution in [0.3, 0.4) is 0 Å². The number of nitrogens with one attached hydrogen (secondary N) is 1. The molecule has 0 aliphatic carbocycles. The van der Waals surface area contributed by atoms with Crippen LogP contribution in [-0.4, -0.2) is 44.7 Å². The number of tetrazole rings is 1. The van der Waals surface area contributed by atoms with Gasteiger partial charge in [-0.2, -0.15) is 0 Å². The molecule has 0 saturated heterocycles. The number of aliphatic hydroxyl groups is 1. The minimum absolute atomic E-state index is 0.513. The van der Waals surface area contributed by atoms with Crippen LogP contribution in [0.4, 0.5) is 0 Å². The van der Waals surface area contributed by atoms with Gasteiger partial charge in [-0.1, -0.05) is 42.1 Å². The summed E-state index contributed by atoms with van der Waals surface area (Å²) in [6.45, 7) is 1.52. The van der Waals surface area contributed by atoms with Gasteiger partial charge in [-0.15, -0.1) is 5.10 Å². The third kappa shape index (κ3) is 4.02. The fraction of sp³-hybridized carbons (Fsp3) is 0.417. The smallest absolute Gasteiger partial charge is 0.209 e. The zero-order chi connectivity index (χ0) is 13.5. The fourth-order valence-electron chi connectivity index (χ4n) is 1.58. The minimum atomic E-state index is -0.513. The number of benzene rings is 1. The molecule has 0 aliphatic heterocycles. The van der Waals surface area contributed by atoms with E-state index in [1.807, 2.05) is 37.4 Å². The first-order valence-corrected chi connectivity index (χ1v) is 7.06. The van der Waals surface area contributed by atoms with Crippen molar-refractivity contribution in [1.82, 2.24) is 25.5 Å². The maximum Gasteiger partial charge on any atom is 0.209 e. The van der Waals surface area contributed by atoms with E-state index in [1.54, 1.807) is 4.68 Å². The molecule has 0 spiro atoms. The molecule has 1 atom stereocenters. The van der Waals surface area contributed by atoms with Crippen molar-refractivity contribution in [2.24, 2.45) is 0 Å². The number of likely N-dealkylation sites (N-methyl/N-ethyl adjacent to an activating group) is 1. The number of hydrogen-bond donors (Lipinski definition) is 2. The van der Waals surface area contributed by atoms with Crippen molar-refractivity contribution < 1.29 is 5.11 Å². The molecule has 7 heteroatoms. The van der Waals surface area contributed by atoms with Crippen LogP contribution in [0.25, 0.3) is 0 Å². The maximum absolute atomic E-state index is 10.1. The highest BCUT2D eigenvalue weighted by Gasteiger charge is 2.11. The van der Waals surface area contributed by atoms with Crippen molar-refractivity contribution in [3.63, 3.8) is 0 Å². The quantitative estimate of drug-likeness (QED) is 0.727. The second-order valence-electron chi connectivity index (χ2n) is 4.03. The summed E-state index contributed by atoms with van der Waals surface area (Å²) in [5.41, 5.74) is 0.907. The second-order valence-corrected chi connectivity index (χ2v) is 5.01. The molecule has 0 saturated carbocycles. The molecule has 19 heavy (non-hydrogen) atoms. The number of thioether (sulfide) groups is 1. The van der Waals surface area contributed by atoms with Gasteiger partial charge in [0.05, 0.1) is 12.6 Å². The number of rotatable bonds is 7. The van der Waals surface area contributed by atoms with E-state index < -0.39 is 6.10 Å². The molecule has 6 nitrogen and oxygen atoms in total. The van der Waals surface area contributed by atoms with Gasteiger partial charge in [0.25, 0.3) is 0 Å². The molecule has 0 radical (unpaired) electrons. The van der Waals surface area contributed by atoms with Gasteiger partial charge in [-0.3, -0.25) is 0 Å². The summed E-state index contributed by atoms with van der Waals surface area (Å²) in [4.78, 5) is 0. The van der Waals surface area contributed by atoms with E-state index in [9.17, 15) is 5.11 Å². The van der Waals surface area contributed by atoms with Crippen molar-refractivity contribution in [2.75, 3.05) is 19.3 Å². The predicted molar refractivity (Wildman–Crippen MR) is 73.9 cm³/mol. The highest BCUT2D eigenvalue weighted by atomic mass is 32.2. The van der Waals surface area contributed by atoms with Crippen LogP contribution in [0.5, 0.6) is 0 Å². The van der Waals surface area contributed by atoms with Crippen LogP contribution < -0.4 is 5.32 Å². The minimum Gasteiger partial charge on any atom is -0.388 e. The lowest BCUT2D eigenvalue weighted by Crippen LogP contribution is -2.16. The molecule has 1 unspecified atom stereocenters. The zero-order valence-corrected chi connectivity index (χ0v) is 11.5. The molecule has 102 valence electrons. The topological polar surface area (TPSA) is 75.9 Å². The van der Waals surface area contributed by atoms with Crippen molar-refractivity contribution in [3.8, 4) is 0 Å². The van der Waals surface area contributed by atoms with Crippen LogP contribution in [-0.2, 0) is 6.54 Å². The molecule has 0 amide bonds. The third-order valence-corrected chi connectivity index (χ3v) is 3.66. The Labute approximate surface area is 116 Å². The van der Waals surface area contributed by atoms with E-state index in [2.05, 4.69) is 20.8 Å². The van der Waals surface area contributed by atoms with Crippen LogP contribution in [0.15, 0.2) is 35.5 Å².